The predicted octanol–water partition coefficient (Wildman–Crippen LogP) is 8.51. The summed E-state index contributed by atoms with van der Waals surface area (Å²) >= 11 is 0. The minimum absolute atomic E-state index is 0.00503. The molecule has 6 amide bonds. The van der Waals surface area contributed by atoms with E-state index in [9.17, 15) is 39.6 Å². The van der Waals surface area contributed by atoms with Gasteiger partial charge in [-0.15, -0.1) is 0 Å². The van der Waals surface area contributed by atoms with Crippen LogP contribution >= 0.6 is 0 Å². The largest absolute Gasteiger partial charge is 0.478 e. The Hall–Kier alpha value is -7.72. The second-order valence-electron chi connectivity index (χ2n) is 27.4. The Bertz CT molecular complexity index is 4340. The summed E-state index contributed by atoms with van der Waals surface area (Å²) in [5.74, 6) is 1.66. The zero-order valence-corrected chi connectivity index (χ0v) is 58.4. The van der Waals surface area contributed by atoms with Gasteiger partial charge in [-0.05, 0) is 242 Å². The number of ether oxygens (including phenoxy) is 3. The van der Waals surface area contributed by atoms with Crippen molar-refractivity contribution < 1.29 is 53.8 Å². The zero-order valence-electron chi connectivity index (χ0n) is 56.0. The molecule has 3 aromatic carbocycles. The first-order valence-corrected chi connectivity index (χ1v) is 38.5. The first-order valence-electron chi connectivity index (χ1n) is 34.1. The van der Waals surface area contributed by atoms with Crippen LogP contribution in [0.3, 0.4) is 0 Å². The number of carbonyl (C=O) groups is 3. The first-order chi connectivity index (χ1) is 46.0. The average molecular weight is 1380 g/mol. The molecule has 3 aromatic heterocycles. The quantitative estimate of drug-likeness (QED) is 0.0562. The van der Waals surface area contributed by atoms with Crippen molar-refractivity contribution in [2.24, 2.45) is 0 Å². The molecule has 0 spiro atoms. The number of hydrogen-bond acceptors (Lipinski definition) is 15. The molecule has 0 fully saturated rings. The lowest BCUT2D eigenvalue weighted by Gasteiger charge is -2.22. The van der Waals surface area contributed by atoms with E-state index in [1.54, 1.807) is 18.2 Å². The number of carbonyl (C=O) groups excluding carboxylic acids is 3. The first kappa shape index (κ1) is 66.9. The van der Waals surface area contributed by atoms with Gasteiger partial charge in [-0.25, -0.2) is 53.8 Å². The molecule has 9 aliphatic rings. The summed E-state index contributed by atoms with van der Waals surface area (Å²) in [5, 5.41) is 8.71. The number of rotatable bonds is 15. The Kier molecular flexibility index (Phi) is 19.0. The number of fused-ring (bicyclic) bond motifs is 9. The van der Waals surface area contributed by atoms with Crippen LogP contribution in [0.25, 0.3) is 0 Å². The SMILES string of the molecule is CN(C)CCc1cc(S(=O)(=O)NC(=O)Nc2c3c(cc4c2CCC4)CCC3)c2n1CCCO2.CN(C)Cc1cc(S(=O)(=O)NC(=O)Nc2c3c(cc4c2CCC4)CCC3)c2n1CCCO2.CN(C)c1cc(S(=O)(=O)NC(=O)Nc2c3c(cc4c2CCC4)CCC3)c2n1CCCO2. The van der Waals surface area contributed by atoms with E-state index in [1.807, 2.05) is 65.8 Å². The van der Waals surface area contributed by atoms with Crippen molar-refractivity contribution in [1.29, 1.82) is 0 Å². The topological polar surface area (TPSA) is 278 Å². The number of aryl methyl sites for hydroxylation is 6. The number of hydrogen-bond donors (Lipinski definition) is 6. The fraction of sp³-hybridized carbons (Fsp3) is 0.522. The van der Waals surface area contributed by atoms with E-state index >= 15 is 0 Å². The molecule has 516 valence electrons. The van der Waals surface area contributed by atoms with Crippen molar-refractivity contribution in [3.8, 4) is 17.6 Å². The van der Waals surface area contributed by atoms with Gasteiger partial charge in [0.25, 0.3) is 30.1 Å². The number of aromatic nitrogens is 3. The summed E-state index contributed by atoms with van der Waals surface area (Å²) in [6.07, 6.45) is 21.1. The number of benzene rings is 3. The predicted molar refractivity (Wildman–Crippen MR) is 367 cm³/mol. The van der Waals surface area contributed by atoms with E-state index in [0.29, 0.717) is 64.2 Å². The second-order valence-corrected chi connectivity index (χ2v) is 32.4. The van der Waals surface area contributed by atoms with Crippen molar-refractivity contribution in [3.05, 3.63) is 115 Å². The molecule has 0 bridgehead atoms. The van der Waals surface area contributed by atoms with Crippen molar-refractivity contribution in [2.45, 2.75) is 182 Å². The zero-order chi connectivity index (χ0) is 67.4. The minimum Gasteiger partial charge on any atom is -0.478 e. The van der Waals surface area contributed by atoms with E-state index < -0.39 is 48.2 Å². The maximum atomic E-state index is 13.2. The van der Waals surface area contributed by atoms with Crippen LogP contribution < -0.4 is 49.2 Å². The maximum Gasteiger partial charge on any atom is 0.333 e. The van der Waals surface area contributed by atoms with E-state index in [-0.39, 0.29) is 20.6 Å². The summed E-state index contributed by atoms with van der Waals surface area (Å²) < 4.78 is 109. The third-order valence-corrected chi connectivity index (χ3v) is 23.9. The fourth-order valence-corrected chi connectivity index (χ4v) is 19.0. The molecule has 6 N–H and O–H groups in total. The standard InChI is InChI=1S/C24H32N4O4S.C23H30N4O4S.C22H28N4O4S/c1-27(2)12-10-18-15-21(23-28(18)11-5-13-32-23)33(30,31)26-24(29)25-22-19-8-3-6-16(19)14-17-7-4-9-20(17)22;1-26(2)14-17-13-20(22-27(17)10-5-11-31-22)32(29,30)25-23(28)24-21-18-8-3-6-15(18)12-16-7-4-9-19(16)21;1-25(2)19-13-18(21-26(19)10-5-11-30-21)31(28,29)24-22(27)23-20-16-8-3-6-14(16)12-15-7-4-9-17(15)20/h14-15H,3-13H2,1-2H3,(H2,25,26,29);12-13H,3-11,14H2,1-2H3,(H2,24,25,28);12-13H,3-11H2,1-2H3,(H2,23,24,27). The molecule has 0 atom stereocenters. The van der Waals surface area contributed by atoms with Crippen LogP contribution in [0.2, 0.25) is 0 Å². The van der Waals surface area contributed by atoms with Crippen LogP contribution in [0.15, 0.2) is 51.1 Å². The molecule has 6 heterocycles. The summed E-state index contributed by atoms with van der Waals surface area (Å²) in [7, 11) is -0.744. The van der Waals surface area contributed by atoms with Gasteiger partial charge in [-0.2, -0.15) is 0 Å². The summed E-state index contributed by atoms with van der Waals surface area (Å²) in [6, 6.07) is 9.51. The van der Waals surface area contributed by atoms with E-state index in [2.05, 4.69) is 53.2 Å². The Morgan fingerprint density at radius 1 is 0.396 bits per heavy atom. The maximum absolute atomic E-state index is 13.2. The van der Waals surface area contributed by atoms with Crippen molar-refractivity contribution >= 4 is 71.0 Å². The number of nitrogens with one attached hydrogen (secondary N) is 6. The normalized spacial score (nSPS) is 16.9. The van der Waals surface area contributed by atoms with Gasteiger partial charge in [-0.3, -0.25) is 4.57 Å². The van der Waals surface area contributed by atoms with Gasteiger partial charge in [0, 0.05) is 87.8 Å². The highest BCUT2D eigenvalue weighted by molar-refractivity contribution is 7.90. The summed E-state index contributed by atoms with van der Waals surface area (Å²) in [5.41, 5.74) is 18.9. The van der Waals surface area contributed by atoms with Crippen LogP contribution in [0.5, 0.6) is 17.6 Å². The highest BCUT2D eigenvalue weighted by Crippen LogP contribution is 2.43. The molecule has 27 heteroatoms. The minimum atomic E-state index is -4.10. The third-order valence-electron chi connectivity index (χ3n) is 19.9. The molecule has 96 heavy (non-hydrogen) atoms. The number of anilines is 4. The molecule has 0 saturated heterocycles. The Morgan fingerprint density at radius 2 is 0.708 bits per heavy atom. The molecule has 3 aliphatic heterocycles. The smallest absolute Gasteiger partial charge is 0.333 e. The van der Waals surface area contributed by atoms with Gasteiger partial charge in [0.15, 0.2) is 4.90 Å². The molecule has 24 nitrogen and oxygen atoms in total. The Morgan fingerprint density at radius 3 is 1.04 bits per heavy atom. The molecule has 0 unspecified atom stereocenters. The number of likely N-dealkylation sites (N-methyl/N-ethyl adjacent to an activating group) is 1. The van der Waals surface area contributed by atoms with Crippen molar-refractivity contribution in [1.82, 2.24) is 37.7 Å². The van der Waals surface area contributed by atoms with Crippen LogP contribution in [-0.2, 0) is 140 Å². The number of sulfonamides is 3. The van der Waals surface area contributed by atoms with Crippen molar-refractivity contribution in [2.75, 3.05) is 89.5 Å². The molecule has 15 rings (SSSR count). The Balaban J connectivity index is 0.000000130. The molecule has 0 radical (unpaired) electrons. The summed E-state index contributed by atoms with van der Waals surface area (Å²) in [6.45, 7) is 4.84. The lowest BCUT2D eigenvalue weighted by atomic mass is 9.99. The van der Waals surface area contributed by atoms with E-state index in [0.717, 1.165) is 198 Å². The summed E-state index contributed by atoms with van der Waals surface area (Å²) in [4.78, 5) is 44.6. The molecule has 0 saturated carbocycles. The third kappa shape index (κ3) is 13.5. The van der Waals surface area contributed by atoms with Crippen molar-refractivity contribution in [3.63, 3.8) is 0 Å². The lowest BCUT2D eigenvalue weighted by molar-refractivity contribution is 0.229. The fourth-order valence-electron chi connectivity index (χ4n) is 15.7. The van der Waals surface area contributed by atoms with Gasteiger partial charge in [0.05, 0.1) is 19.8 Å². The monoisotopic (exact) mass is 1370 g/mol. The Labute approximate surface area is 563 Å². The number of amides is 6. The van der Waals surface area contributed by atoms with Gasteiger partial charge in [0.1, 0.15) is 15.6 Å². The van der Waals surface area contributed by atoms with Crippen LogP contribution in [0.4, 0.5) is 37.3 Å². The van der Waals surface area contributed by atoms with Gasteiger partial charge < -0.3 is 54.0 Å². The van der Waals surface area contributed by atoms with Crippen LogP contribution in [0.1, 0.15) is 136 Å². The number of nitrogens with zero attached hydrogens (tertiary/aromatic N) is 6. The van der Waals surface area contributed by atoms with Gasteiger partial charge in [0.2, 0.25) is 17.6 Å². The van der Waals surface area contributed by atoms with Gasteiger partial charge in [-0.1, -0.05) is 18.2 Å². The number of urea groups is 3. The van der Waals surface area contributed by atoms with Gasteiger partial charge >= 0.3 is 18.1 Å². The molecule has 6 aliphatic carbocycles. The lowest BCUT2D eigenvalue weighted by Crippen LogP contribution is -2.35. The van der Waals surface area contributed by atoms with Crippen LogP contribution in [0, 0.1) is 0 Å². The molecule has 6 aromatic rings. The highest BCUT2D eigenvalue weighted by Gasteiger charge is 2.36. The average Bonchev–Trinajstić information content (AvgIpc) is 1.60. The second kappa shape index (κ2) is 27.3. The van der Waals surface area contributed by atoms with E-state index in [1.165, 1.54) is 44.5 Å². The van der Waals surface area contributed by atoms with E-state index in [4.69, 9.17) is 14.2 Å². The molecular formula is C69H90N12O12S3. The molecular weight excluding hydrogens is 1290 g/mol. The highest BCUT2D eigenvalue weighted by atomic mass is 32.2. The van der Waals surface area contributed by atoms with Crippen LogP contribution in [-0.4, -0.2) is 135 Å².